The Kier molecular flexibility index (Phi) is 6.84. The van der Waals surface area contributed by atoms with Crippen molar-refractivity contribution in [1.29, 1.82) is 0 Å². The van der Waals surface area contributed by atoms with Gasteiger partial charge in [-0.2, -0.15) is 18.3 Å². The van der Waals surface area contributed by atoms with Crippen molar-refractivity contribution in [2.75, 3.05) is 13.2 Å². The third-order valence-electron chi connectivity index (χ3n) is 7.15. The van der Waals surface area contributed by atoms with Gasteiger partial charge >= 0.3 is 6.18 Å². The summed E-state index contributed by atoms with van der Waals surface area (Å²) >= 11 is 6.06. The summed E-state index contributed by atoms with van der Waals surface area (Å²) in [6.07, 6.45) is 2.93. The second kappa shape index (κ2) is 9.81. The van der Waals surface area contributed by atoms with Crippen LogP contribution < -0.4 is 0 Å². The molecule has 4 heterocycles. The topological polar surface area (TPSA) is 79.1 Å². The van der Waals surface area contributed by atoms with Crippen molar-refractivity contribution in [1.82, 2.24) is 19.7 Å². The molecule has 2 aliphatic rings. The van der Waals surface area contributed by atoms with Crippen LogP contribution in [0.4, 0.5) is 13.2 Å². The Morgan fingerprint density at radius 2 is 1.81 bits per heavy atom. The van der Waals surface area contributed by atoms with Crippen LogP contribution in [0.25, 0.3) is 5.82 Å². The lowest BCUT2D eigenvalue weighted by Crippen LogP contribution is -2.34. The number of ketones is 1. The third kappa shape index (κ3) is 5.15. The van der Waals surface area contributed by atoms with Gasteiger partial charge in [0, 0.05) is 43.3 Å². The number of carbonyl (C=O) groups is 1. The predicted octanol–water partition coefficient (Wildman–Crippen LogP) is 5.78. The number of pyridine rings is 2. The number of rotatable bonds is 5. The first-order valence-corrected chi connectivity index (χ1v) is 12.5. The molecule has 1 aliphatic heterocycles. The third-order valence-corrected chi connectivity index (χ3v) is 7.43. The van der Waals surface area contributed by atoms with Gasteiger partial charge in [0.05, 0.1) is 41.3 Å². The van der Waals surface area contributed by atoms with Crippen LogP contribution in [-0.4, -0.2) is 44.5 Å². The first-order chi connectivity index (χ1) is 17.6. The van der Waals surface area contributed by atoms with E-state index in [0.717, 1.165) is 48.6 Å². The minimum Gasteiger partial charge on any atom is -0.348 e. The highest BCUT2D eigenvalue weighted by atomic mass is 35.5. The first kappa shape index (κ1) is 25.8. The summed E-state index contributed by atoms with van der Waals surface area (Å²) in [6, 6.07) is 2.78. The summed E-state index contributed by atoms with van der Waals surface area (Å²) in [5, 5.41) is 3.94. The summed E-state index contributed by atoms with van der Waals surface area (Å²) in [7, 11) is 0. The number of aromatic nitrogens is 4. The number of hydrogen-bond donors (Lipinski definition) is 0. The Labute approximate surface area is 217 Å². The smallest absolute Gasteiger partial charge is 0.348 e. The SMILES string of the molecule is Cc1cc(CC(=O)c2cnn(-c3ncc(C(F)(F)F)cc3Cl)c2C)cnc1C1CCC2(CC1)OCCO2. The zero-order valence-electron chi connectivity index (χ0n) is 20.4. The van der Waals surface area contributed by atoms with Crippen molar-refractivity contribution >= 4 is 17.4 Å². The second-order valence-corrected chi connectivity index (χ2v) is 10.0. The van der Waals surface area contributed by atoms with Crippen LogP contribution in [0.3, 0.4) is 0 Å². The molecule has 5 rings (SSSR count). The molecule has 1 saturated carbocycles. The highest BCUT2D eigenvalue weighted by Crippen LogP contribution is 2.42. The van der Waals surface area contributed by atoms with Gasteiger partial charge < -0.3 is 9.47 Å². The number of halogens is 4. The molecule has 0 radical (unpaired) electrons. The molecule has 0 unspecified atom stereocenters. The maximum Gasteiger partial charge on any atom is 0.417 e. The van der Waals surface area contributed by atoms with Gasteiger partial charge in [-0.1, -0.05) is 17.7 Å². The van der Waals surface area contributed by atoms with Crippen molar-refractivity contribution in [3.63, 3.8) is 0 Å². The fraction of sp³-hybridized carbons (Fsp3) is 0.462. The molecule has 11 heteroatoms. The van der Waals surface area contributed by atoms with E-state index in [1.54, 1.807) is 13.1 Å². The maximum atomic E-state index is 13.1. The second-order valence-electron chi connectivity index (χ2n) is 9.61. The summed E-state index contributed by atoms with van der Waals surface area (Å²) in [6.45, 7) is 4.95. The average Bonchev–Trinajstić information content (AvgIpc) is 3.46. The van der Waals surface area contributed by atoms with Crippen LogP contribution in [0.5, 0.6) is 0 Å². The van der Waals surface area contributed by atoms with Gasteiger partial charge in [-0.3, -0.25) is 9.78 Å². The van der Waals surface area contributed by atoms with Crippen LogP contribution >= 0.6 is 11.6 Å². The molecule has 0 bridgehead atoms. The summed E-state index contributed by atoms with van der Waals surface area (Å²) < 4.78 is 51.7. The van der Waals surface area contributed by atoms with E-state index in [0.29, 0.717) is 36.6 Å². The highest BCUT2D eigenvalue weighted by molar-refractivity contribution is 6.32. The molecule has 3 aromatic heterocycles. The van der Waals surface area contributed by atoms with Crippen molar-refractivity contribution in [2.24, 2.45) is 0 Å². The lowest BCUT2D eigenvalue weighted by atomic mass is 9.81. The summed E-state index contributed by atoms with van der Waals surface area (Å²) in [4.78, 5) is 21.6. The van der Waals surface area contributed by atoms with E-state index in [1.807, 2.05) is 13.0 Å². The number of hydrogen-bond acceptors (Lipinski definition) is 6. The van der Waals surface area contributed by atoms with E-state index in [9.17, 15) is 18.0 Å². The van der Waals surface area contributed by atoms with Gasteiger partial charge in [-0.15, -0.1) is 0 Å². The van der Waals surface area contributed by atoms with E-state index in [-0.39, 0.29) is 23.0 Å². The summed E-state index contributed by atoms with van der Waals surface area (Å²) in [5.74, 6) is -0.254. The Hall–Kier alpha value is -2.82. The lowest BCUT2D eigenvalue weighted by Gasteiger charge is -2.35. The fourth-order valence-electron chi connectivity index (χ4n) is 5.20. The normalized spacial score (nSPS) is 18.0. The Balaban J connectivity index is 1.28. The van der Waals surface area contributed by atoms with Gasteiger partial charge in [0.15, 0.2) is 17.4 Å². The molecule has 37 heavy (non-hydrogen) atoms. The van der Waals surface area contributed by atoms with E-state index in [4.69, 9.17) is 26.1 Å². The van der Waals surface area contributed by atoms with E-state index in [2.05, 4.69) is 10.1 Å². The average molecular weight is 535 g/mol. The van der Waals surface area contributed by atoms with Gasteiger partial charge in [-0.05, 0) is 43.9 Å². The minimum absolute atomic E-state index is 0.0238. The quantitative estimate of drug-likeness (QED) is 0.386. The molecule has 0 aromatic carbocycles. The number of aryl methyl sites for hydroxylation is 1. The molecule has 1 saturated heterocycles. The van der Waals surface area contributed by atoms with E-state index >= 15 is 0 Å². The maximum absolute atomic E-state index is 13.1. The van der Waals surface area contributed by atoms with Crippen molar-refractivity contribution in [2.45, 2.75) is 63.8 Å². The molecule has 1 spiro atoms. The van der Waals surface area contributed by atoms with Crippen LogP contribution in [0.1, 0.15) is 70.0 Å². The van der Waals surface area contributed by atoms with Gasteiger partial charge in [0.2, 0.25) is 0 Å². The monoisotopic (exact) mass is 534 g/mol. The Morgan fingerprint density at radius 3 is 2.43 bits per heavy atom. The molecular formula is C26H26ClF3N4O3. The molecular weight excluding hydrogens is 509 g/mol. The van der Waals surface area contributed by atoms with Gasteiger partial charge in [-0.25, -0.2) is 9.67 Å². The molecule has 2 fully saturated rings. The van der Waals surface area contributed by atoms with Crippen LogP contribution in [-0.2, 0) is 22.1 Å². The lowest BCUT2D eigenvalue weighted by molar-refractivity contribution is -0.179. The molecule has 1 aliphatic carbocycles. The van der Waals surface area contributed by atoms with Crippen LogP contribution in [0, 0.1) is 13.8 Å². The van der Waals surface area contributed by atoms with Crippen LogP contribution in [0.15, 0.2) is 30.7 Å². The number of carbonyl (C=O) groups excluding carboxylic acids is 1. The predicted molar refractivity (Wildman–Crippen MR) is 129 cm³/mol. The number of ether oxygens (including phenoxy) is 2. The van der Waals surface area contributed by atoms with E-state index in [1.165, 1.54) is 10.9 Å². The largest absolute Gasteiger partial charge is 0.417 e. The van der Waals surface area contributed by atoms with Crippen molar-refractivity contribution < 1.29 is 27.4 Å². The van der Waals surface area contributed by atoms with Gasteiger partial charge in [0.1, 0.15) is 0 Å². The number of Topliss-reactive ketones (excluding diaryl/α,β-unsaturated/α-hetero) is 1. The molecule has 0 amide bonds. The van der Waals surface area contributed by atoms with Crippen molar-refractivity contribution in [3.05, 3.63) is 69.4 Å². The highest BCUT2D eigenvalue weighted by Gasteiger charge is 2.41. The molecule has 0 atom stereocenters. The molecule has 7 nitrogen and oxygen atoms in total. The van der Waals surface area contributed by atoms with Crippen molar-refractivity contribution in [3.8, 4) is 5.82 Å². The fourth-order valence-corrected chi connectivity index (χ4v) is 5.45. The van der Waals surface area contributed by atoms with Gasteiger partial charge in [0.25, 0.3) is 0 Å². The molecule has 3 aromatic rings. The minimum atomic E-state index is -4.56. The standard InChI is InChI=1S/C26H26ClF3N4O3/c1-15-9-17(12-31-23(15)18-3-5-25(6-4-18)36-7-8-37-25)10-22(35)20-14-33-34(16(20)2)24-21(27)11-19(13-32-24)26(28,29)30/h9,11-14,18H,3-8,10H2,1-2H3. The van der Waals surface area contributed by atoms with E-state index < -0.39 is 17.5 Å². The number of alkyl halides is 3. The zero-order valence-corrected chi connectivity index (χ0v) is 21.2. The zero-order chi connectivity index (χ0) is 26.4. The van der Waals surface area contributed by atoms with Crippen LogP contribution in [0.2, 0.25) is 5.02 Å². The number of nitrogens with zero attached hydrogens (tertiary/aromatic N) is 4. The first-order valence-electron chi connectivity index (χ1n) is 12.1. The molecule has 196 valence electrons. The molecule has 0 N–H and O–H groups in total. The Bertz CT molecular complexity index is 1330. The Morgan fingerprint density at radius 1 is 1.11 bits per heavy atom. The summed E-state index contributed by atoms with van der Waals surface area (Å²) in [5.41, 5.74) is 2.67.